The topological polar surface area (TPSA) is 52.6 Å². The number of halogens is 2. The van der Waals surface area contributed by atoms with Crippen molar-refractivity contribution in [3.63, 3.8) is 0 Å². The molecule has 3 rings (SSSR count). The molecule has 0 fully saturated rings. The van der Waals surface area contributed by atoms with Crippen LogP contribution in [-0.4, -0.2) is 11.8 Å². The minimum absolute atomic E-state index is 0.165. The van der Waals surface area contributed by atoms with E-state index in [2.05, 4.69) is 0 Å². The van der Waals surface area contributed by atoms with Crippen LogP contribution in [0.4, 0.5) is 0 Å². The predicted octanol–water partition coefficient (Wildman–Crippen LogP) is 5.56. The highest BCUT2D eigenvalue weighted by Crippen LogP contribution is 2.36. The molecule has 0 saturated heterocycles. The fourth-order valence-electron chi connectivity index (χ4n) is 2.24. The Bertz CT molecular complexity index is 939. The first-order chi connectivity index (χ1) is 12.1. The lowest BCUT2D eigenvalue weighted by atomic mass is 9.97. The highest BCUT2D eigenvalue weighted by molar-refractivity contribution is 6.42. The van der Waals surface area contributed by atoms with Crippen LogP contribution in [-0.2, 0) is 4.79 Å². The third kappa shape index (κ3) is 3.76. The molecule has 0 radical (unpaired) electrons. The summed E-state index contributed by atoms with van der Waals surface area (Å²) in [5.41, 5.74) is 0.469. The summed E-state index contributed by atoms with van der Waals surface area (Å²) < 4.78 is 11.0. The largest absolute Gasteiger partial charge is 0.452 e. The molecule has 1 heterocycles. The highest BCUT2D eigenvalue weighted by atomic mass is 35.5. The molecular formula is C20H16Cl2O4. The van der Waals surface area contributed by atoms with Gasteiger partial charge in [-0.2, -0.15) is 0 Å². The lowest BCUT2D eigenvalue weighted by Gasteiger charge is -2.16. The molecule has 2 aromatic rings. The minimum Gasteiger partial charge on any atom is -0.452 e. The molecule has 0 spiro atoms. The predicted molar refractivity (Wildman–Crippen MR) is 101 cm³/mol. The zero-order chi connectivity index (χ0) is 19.1. The number of hydrogen-bond donors (Lipinski definition) is 0. The van der Waals surface area contributed by atoms with E-state index in [0.717, 1.165) is 0 Å². The summed E-state index contributed by atoms with van der Waals surface area (Å²) in [5, 5.41) is 0.821. The standard InChI is InChI=1S/C20H16Cl2O4/c1-20(2,3)19(24)25-12-5-6-13-16(10-12)26-17(18(13)23)9-11-4-7-14(21)15(22)8-11/h4-10H,1-3H3. The van der Waals surface area contributed by atoms with Gasteiger partial charge >= 0.3 is 5.97 Å². The van der Waals surface area contributed by atoms with Gasteiger partial charge in [-0.3, -0.25) is 9.59 Å². The molecule has 0 atom stereocenters. The average molecular weight is 391 g/mol. The van der Waals surface area contributed by atoms with Gasteiger partial charge in [0.05, 0.1) is 21.0 Å². The van der Waals surface area contributed by atoms with Crippen molar-refractivity contribution in [2.75, 3.05) is 0 Å². The average Bonchev–Trinajstić information content (AvgIpc) is 2.85. The van der Waals surface area contributed by atoms with E-state index in [1.807, 2.05) is 0 Å². The maximum atomic E-state index is 12.5. The van der Waals surface area contributed by atoms with Gasteiger partial charge in [0.15, 0.2) is 5.76 Å². The Hall–Kier alpha value is -2.30. The number of Topliss-reactive ketones (excluding diaryl/α,β-unsaturated/α-hetero) is 1. The number of allylic oxidation sites excluding steroid dienone is 1. The van der Waals surface area contributed by atoms with Crippen molar-refractivity contribution in [2.24, 2.45) is 5.41 Å². The Morgan fingerprint density at radius 2 is 1.81 bits per heavy atom. The number of ether oxygens (including phenoxy) is 2. The maximum absolute atomic E-state index is 12.5. The van der Waals surface area contributed by atoms with Crippen LogP contribution in [0.15, 0.2) is 42.2 Å². The van der Waals surface area contributed by atoms with E-state index in [1.54, 1.807) is 57.2 Å². The Morgan fingerprint density at radius 3 is 2.46 bits per heavy atom. The van der Waals surface area contributed by atoms with Crippen LogP contribution in [0.2, 0.25) is 10.0 Å². The van der Waals surface area contributed by atoms with Gasteiger partial charge in [-0.1, -0.05) is 29.3 Å². The third-order valence-electron chi connectivity index (χ3n) is 3.71. The lowest BCUT2D eigenvalue weighted by molar-refractivity contribution is -0.143. The monoisotopic (exact) mass is 390 g/mol. The summed E-state index contributed by atoms with van der Waals surface area (Å²) in [6.07, 6.45) is 1.59. The summed E-state index contributed by atoms with van der Waals surface area (Å²) in [5.74, 6) is 0.221. The minimum atomic E-state index is -0.630. The van der Waals surface area contributed by atoms with Crippen molar-refractivity contribution in [1.29, 1.82) is 0 Å². The van der Waals surface area contributed by atoms with Crippen LogP contribution in [0.3, 0.4) is 0 Å². The molecule has 1 aliphatic rings. The van der Waals surface area contributed by atoms with Crippen molar-refractivity contribution in [2.45, 2.75) is 20.8 Å². The van der Waals surface area contributed by atoms with Gasteiger partial charge in [0.2, 0.25) is 5.78 Å². The van der Waals surface area contributed by atoms with E-state index in [0.29, 0.717) is 32.7 Å². The van der Waals surface area contributed by atoms with Gasteiger partial charge in [-0.05, 0) is 56.7 Å². The molecule has 0 saturated carbocycles. The van der Waals surface area contributed by atoms with Crippen molar-refractivity contribution in [3.8, 4) is 11.5 Å². The smallest absolute Gasteiger partial charge is 0.316 e. The van der Waals surface area contributed by atoms with Gasteiger partial charge in [0.25, 0.3) is 0 Å². The number of carbonyl (C=O) groups is 2. The van der Waals surface area contributed by atoms with Crippen molar-refractivity contribution in [3.05, 3.63) is 63.3 Å². The summed E-state index contributed by atoms with van der Waals surface area (Å²) in [4.78, 5) is 24.5. The molecule has 134 valence electrons. The molecule has 26 heavy (non-hydrogen) atoms. The van der Waals surface area contributed by atoms with Gasteiger partial charge in [-0.15, -0.1) is 0 Å². The molecular weight excluding hydrogens is 375 g/mol. The van der Waals surface area contributed by atoms with E-state index < -0.39 is 5.41 Å². The van der Waals surface area contributed by atoms with Crippen molar-refractivity contribution in [1.82, 2.24) is 0 Å². The Morgan fingerprint density at radius 1 is 1.08 bits per heavy atom. The van der Waals surface area contributed by atoms with Crippen molar-refractivity contribution < 1.29 is 19.1 Å². The van der Waals surface area contributed by atoms with E-state index >= 15 is 0 Å². The second-order valence-electron chi connectivity index (χ2n) is 6.91. The molecule has 0 N–H and O–H groups in total. The Labute approximate surface area is 161 Å². The van der Waals surface area contributed by atoms with E-state index in [4.69, 9.17) is 32.7 Å². The van der Waals surface area contributed by atoms with Gasteiger partial charge in [-0.25, -0.2) is 0 Å². The number of ketones is 1. The third-order valence-corrected chi connectivity index (χ3v) is 4.44. The number of benzene rings is 2. The first-order valence-corrected chi connectivity index (χ1v) is 8.66. The number of fused-ring (bicyclic) bond motifs is 1. The zero-order valence-electron chi connectivity index (χ0n) is 14.4. The number of carbonyl (C=O) groups excluding carboxylic acids is 2. The molecule has 0 aromatic heterocycles. The molecule has 2 aromatic carbocycles. The molecule has 0 bridgehead atoms. The first kappa shape index (κ1) is 18.5. The second-order valence-corrected chi connectivity index (χ2v) is 7.73. The SMILES string of the molecule is CC(C)(C)C(=O)Oc1ccc2c(c1)OC(=Cc1ccc(Cl)c(Cl)c1)C2=O. The van der Waals surface area contributed by atoms with Gasteiger partial charge in [0, 0.05) is 6.07 Å². The van der Waals surface area contributed by atoms with Crippen molar-refractivity contribution >= 4 is 41.0 Å². The van der Waals surface area contributed by atoms with Crippen LogP contribution in [0.1, 0.15) is 36.7 Å². The summed E-state index contributed by atoms with van der Waals surface area (Å²) in [7, 11) is 0. The number of rotatable bonds is 2. The second kappa shape index (κ2) is 6.78. The van der Waals surface area contributed by atoms with Crippen LogP contribution in [0, 0.1) is 5.41 Å². The summed E-state index contributed by atoms with van der Waals surface area (Å²) in [6, 6.07) is 9.72. The Balaban J connectivity index is 1.86. The van der Waals surface area contributed by atoms with Crippen LogP contribution in [0.5, 0.6) is 11.5 Å². The van der Waals surface area contributed by atoms with Crippen LogP contribution < -0.4 is 9.47 Å². The normalized spacial score (nSPS) is 15.0. The summed E-state index contributed by atoms with van der Waals surface area (Å²) in [6.45, 7) is 5.29. The zero-order valence-corrected chi connectivity index (χ0v) is 15.9. The van der Waals surface area contributed by atoms with Gasteiger partial charge < -0.3 is 9.47 Å². The number of esters is 1. The summed E-state index contributed by atoms with van der Waals surface area (Å²) >= 11 is 11.9. The van der Waals surface area contributed by atoms with E-state index in [-0.39, 0.29) is 17.5 Å². The quantitative estimate of drug-likeness (QED) is 0.382. The molecule has 4 nitrogen and oxygen atoms in total. The number of hydrogen-bond acceptors (Lipinski definition) is 4. The van der Waals surface area contributed by atoms with Crippen LogP contribution >= 0.6 is 23.2 Å². The van der Waals surface area contributed by atoms with E-state index in [9.17, 15) is 9.59 Å². The first-order valence-electron chi connectivity index (χ1n) is 7.91. The lowest BCUT2D eigenvalue weighted by Crippen LogP contribution is -2.25. The van der Waals surface area contributed by atoms with E-state index in [1.165, 1.54) is 6.07 Å². The fraction of sp³-hybridized carbons (Fsp3) is 0.200. The Kier molecular flexibility index (Phi) is 4.82. The fourth-order valence-corrected chi connectivity index (χ4v) is 2.55. The highest BCUT2D eigenvalue weighted by Gasteiger charge is 2.29. The molecule has 1 aliphatic heterocycles. The maximum Gasteiger partial charge on any atom is 0.316 e. The van der Waals surface area contributed by atoms with Gasteiger partial charge in [0.1, 0.15) is 11.5 Å². The molecule has 0 unspecified atom stereocenters. The molecule has 0 amide bonds. The molecule has 0 aliphatic carbocycles. The molecule has 6 heteroatoms. The van der Waals surface area contributed by atoms with Crippen LogP contribution in [0.25, 0.3) is 6.08 Å².